The third kappa shape index (κ3) is 2.83. The number of allylic oxidation sites excluding steroid dienone is 1. The minimum Gasteiger partial charge on any atom is -0.206 e. The predicted octanol–water partition coefficient (Wildman–Crippen LogP) is 3.41. The average molecular weight is 258 g/mol. The number of alkyl halides is 3. The first kappa shape index (κ1) is 13.7. The first-order valence-electron chi connectivity index (χ1n) is 4.37. The van der Waals surface area contributed by atoms with Crippen molar-refractivity contribution in [3.63, 3.8) is 0 Å². The highest BCUT2D eigenvalue weighted by Crippen LogP contribution is 2.31. The molecule has 1 rings (SSSR count). The van der Waals surface area contributed by atoms with Crippen LogP contribution in [0.2, 0.25) is 0 Å². The Morgan fingerprint density at radius 1 is 1.06 bits per heavy atom. The molecule has 0 amide bonds. The van der Waals surface area contributed by atoms with Crippen LogP contribution in [0.1, 0.15) is 11.1 Å². The summed E-state index contributed by atoms with van der Waals surface area (Å²) in [4.78, 5) is 0. The molecule has 0 aliphatic carbocycles. The second-order valence-corrected chi connectivity index (χ2v) is 3.13. The largest absolute Gasteiger partial charge is 0.416 e. The Morgan fingerprint density at radius 2 is 1.50 bits per heavy atom. The van der Waals surface area contributed by atoms with E-state index < -0.39 is 34.5 Å². The summed E-state index contributed by atoms with van der Waals surface area (Å²) in [7, 11) is 0. The van der Waals surface area contributed by atoms with E-state index in [1.807, 2.05) is 0 Å². The van der Waals surface area contributed by atoms with Crippen LogP contribution in [0.25, 0.3) is 6.08 Å². The molecule has 18 heavy (non-hydrogen) atoms. The molecule has 0 N–H and O–H groups in total. The van der Waals surface area contributed by atoms with Gasteiger partial charge in [0.2, 0.25) is 0 Å². The molecular formula is C11H3F5N2. The molecule has 0 spiro atoms. The lowest BCUT2D eigenvalue weighted by atomic mass is 10.1. The Hall–Kier alpha value is -2.41. The van der Waals surface area contributed by atoms with Gasteiger partial charge in [0.25, 0.3) is 0 Å². The molecule has 0 radical (unpaired) electrons. The van der Waals surface area contributed by atoms with E-state index in [4.69, 9.17) is 10.5 Å². The fourth-order valence-electron chi connectivity index (χ4n) is 1.12. The van der Waals surface area contributed by atoms with Crippen LogP contribution in [0.15, 0.2) is 17.7 Å². The molecule has 0 aliphatic rings. The lowest BCUT2D eigenvalue weighted by molar-refractivity contribution is -0.138. The molecule has 0 heterocycles. The summed E-state index contributed by atoms with van der Waals surface area (Å²) in [6.07, 6.45) is -4.33. The zero-order chi connectivity index (χ0) is 13.9. The Kier molecular flexibility index (Phi) is 3.67. The van der Waals surface area contributed by atoms with E-state index in [0.29, 0.717) is 6.08 Å². The zero-order valence-electron chi connectivity index (χ0n) is 8.52. The summed E-state index contributed by atoms with van der Waals surface area (Å²) in [6, 6.07) is 2.88. The van der Waals surface area contributed by atoms with E-state index in [9.17, 15) is 22.0 Å². The van der Waals surface area contributed by atoms with Crippen molar-refractivity contribution in [3.8, 4) is 12.1 Å². The minimum atomic E-state index is -4.88. The van der Waals surface area contributed by atoms with Crippen molar-refractivity contribution in [1.82, 2.24) is 0 Å². The molecule has 0 saturated heterocycles. The molecule has 0 fully saturated rings. The quantitative estimate of drug-likeness (QED) is 0.572. The maximum atomic E-state index is 13.3. The fourth-order valence-corrected chi connectivity index (χ4v) is 1.12. The van der Waals surface area contributed by atoms with Gasteiger partial charge in [-0.2, -0.15) is 23.7 Å². The highest BCUT2D eigenvalue weighted by Gasteiger charge is 2.32. The van der Waals surface area contributed by atoms with Gasteiger partial charge in [-0.05, 0) is 18.2 Å². The summed E-state index contributed by atoms with van der Waals surface area (Å²) >= 11 is 0. The van der Waals surface area contributed by atoms with Gasteiger partial charge in [-0.1, -0.05) is 0 Å². The molecular weight excluding hydrogens is 255 g/mol. The second-order valence-electron chi connectivity index (χ2n) is 3.13. The molecule has 0 aromatic heterocycles. The molecule has 1 aromatic rings. The first-order chi connectivity index (χ1) is 8.29. The molecule has 0 atom stereocenters. The minimum absolute atomic E-state index is 0.0985. The summed E-state index contributed by atoms with van der Waals surface area (Å²) < 4.78 is 63.2. The van der Waals surface area contributed by atoms with Gasteiger partial charge < -0.3 is 0 Å². The van der Waals surface area contributed by atoms with Gasteiger partial charge in [0, 0.05) is 5.56 Å². The second kappa shape index (κ2) is 4.84. The summed E-state index contributed by atoms with van der Waals surface area (Å²) in [5.41, 5.74) is -2.96. The van der Waals surface area contributed by atoms with Crippen molar-refractivity contribution in [2.24, 2.45) is 0 Å². The van der Waals surface area contributed by atoms with Gasteiger partial charge in [-0.15, -0.1) is 0 Å². The van der Waals surface area contributed by atoms with Crippen molar-refractivity contribution >= 4 is 6.08 Å². The number of benzene rings is 1. The molecule has 0 saturated carbocycles. The smallest absolute Gasteiger partial charge is 0.206 e. The van der Waals surface area contributed by atoms with Gasteiger partial charge in [-0.3, -0.25) is 0 Å². The standard InChI is InChI=1S/C11H3F5N2/c12-9-2-7(11(14,15)16)3-10(13)8(9)1-6(4-17)5-18/h1-3H. The maximum Gasteiger partial charge on any atom is 0.416 e. The van der Waals surface area contributed by atoms with Crippen LogP contribution in [0.5, 0.6) is 0 Å². The molecule has 0 unspecified atom stereocenters. The van der Waals surface area contributed by atoms with E-state index in [0.717, 1.165) is 0 Å². The van der Waals surface area contributed by atoms with Crippen LogP contribution >= 0.6 is 0 Å². The normalized spacial score (nSPS) is 10.4. The Bertz CT molecular complexity index is 548. The topological polar surface area (TPSA) is 47.6 Å². The van der Waals surface area contributed by atoms with Gasteiger partial charge in [0.15, 0.2) is 0 Å². The highest BCUT2D eigenvalue weighted by molar-refractivity contribution is 5.63. The molecule has 0 bridgehead atoms. The van der Waals surface area contributed by atoms with Crippen LogP contribution in [-0.2, 0) is 6.18 Å². The zero-order valence-corrected chi connectivity index (χ0v) is 8.52. The summed E-state index contributed by atoms with van der Waals surface area (Å²) in [5.74, 6) is -2.99. The van der Waals surface area contributed by atoms with E-state index in [1.165, 1.54) is 12.1 Å². The van der Waals surface area contributed by atoms with Crippen molar-refractivity contribution in [3.05, 3.63) is 40.5 Å². The maximum absolute atomic E-state index is 13.3. The van der Waals surface area contributed by atoms with Gasteiger partial charge in [0.05, 0.1) is 5.56 Å². The third-order valence-electron chi connectivity index (χ3n) is 1.94. The van der Waals surface area contributed by atoms with Crippen molar-refractivity contribution in [2.75, 3.05) is 0 Å². The van der Waals surface area contributed by atoms with E-state index in [2.05, 4.69) is 0 Å². The van der Waals surface area contributed by atoms with Crippen LogP contribution in [-0.4, -0.2) is 0 Å². The number of hydrogen-bond donors (Lipinski definition) is 0. The van der Waals surface area contributed by atoms with Crippen molar-refractivity contribution in [2.45, 2.75) is 6.18 Å². The van der Waals surface area contributed by atoms with E-state index in [1.54, 1.807) is 0 Å². The van der Waals surface area contributed by atoms with Crippen LogP contribution in [0.3, 0.4) is 0 Å². The Morgan fingerprint density at radius 3 is 1.83 bits per heavy atom. The monoisotopic (exact) mass is 258 g/mol. The number of nitrogens with zero attached hydrogens (tertiary/aromatic N) is 2. The number of nitriles is 2. The van der Waals surface area contributed by atoms with Crippen LogP contribution in [0.4, 0.5) is 22.0 Å². The molecule has 1 aromatic carbocycles. The third-order valence-corrected chi connectivity index (χ3v) is 1.94. The number of halogens is 5. The predicted molar refractivity (Wildman–Crippen MR) is 50.6 cm³/mol. The molecule has 92 valence electrons. The fraction of sp³-hybridized carbons (Fsp3) is 0.0909. The first-order valence-corrected chi connectivity index (χ1v) is 4.37. The van der Waals surface area contributed by atoms with Gasteiger partial charge in [-0.25, -0.2) is 8.78 Å². The number of hydrogen-bond acceptors (Lipinski definition) is 2. The summed E-state index contributed by atoms with van der Waals surface area (Å²) in [5, 5.41) is 16.8. The lowest BCUT2D eigenvalue weighted by Crippen LogP contribution is -2.07. The van der Waals surface area contributed by atoms with Crippen LogP contribution in [0, 0.1) is 34.3 Å². The van der Waals surface area contributed by atoms with Gasteiger partial charge >= 0.3 is 6.18 Å². The Labute approximate surface area is 98.2 Å². The SMILES string of the molecule is N#CC(C#N)=Cc1c(F)cc(C(F)(F)F)cc1F. The highest BCUT2D eigenvalue weighted by atomic mass is 19.4. The van der Waals surface area contributed by atoms with E-state index in [-0.39, 0.29) is 12.1 Å². The molecule has 7 heteroatoms. The van der Waals surface area contributed by atoms with Crippen LogP contribution < -0.4 is 0 Å². The molecule has 0 aliphatic heterocycles. The van der Waals surface area contributed by atoms with Crippen molar-refractivity contribution in [1.29, 1.82) is 10.5 Å². The summed E-state index contributed by atoms with van der Waals surface area (Å²) in [6.45, 7) is 0. The number of rotatable bonds is 1. The average Bonchev–Trinajstić information content (AvgIpc) is 2.27. The van der Waals surface area contributed by atoms with E-state index >= 15 is 0 Å². The van der Waals surface area contributed by atoms with Gasteiger partial charge in [0.1, 0.15) is 29.3 Å². The lowest BCUT2D eigenvalue weighted by Gasteiger charge is -2.08. The van der Waals surface area contributed by atoms with Crippen molar-refractivity contribution < 1.29 is 22.0 Å². The molecule has 2 nitrogen and oxygen atoms in total. The Balaban J connectivity index is 3.41.